The zero-order valence-corrected chi connectivity index (χ0v) is 11.2. The molecule has 0 atom stereocenters. The average Bonchev–Trinajstić information content (AvgIpc) is 2.85. The summed E-state index contributed by atoms with van der Waals surface area (Å²) in [5.74, 6) is -0.437. The molecule has 0 spiro atoms. The Morgan fingerprint density at radius 2 is 2.20 bits per heavy atom. The molecule has 0 unspecified atom stereocenters. The predicted molar refractivity (Wildman–Crippen MR) is 71.8 cm³/mol. The molecule has 0 saturated carbocycles. The molecule has 8 nitrogen and oxygen atoms in total. The number of rotatable bonds is 4. The largest absolute Gasteiger partial charge is 0.337 e. The standard InChI is InChI=1S/C11H10ClN5O3/c1-2-16-6-7(17(19)20)5-8(16)11(18)15-10-9(12)13-3-4-14-10/h3-6H,2H2,1H3,(H,14,15,18). The highest BCUT2D eigenvalue weighted by atomic mass is 35.5. The lowest BCUT2D eigenvalue weighted by Gasteiger charge is -2.06. The van der Waals surface area contributed by atoms with Gasteiger partial charge in [0.1, 0.15) is 5.69 Å². The number of amides is 1. The molecule has 2 aromatic rings. The van der Waals surface area contributed by atoms with E-state index in [1.807, 2.05) is 0 Å². The lowest BCUT2D eigenvalue weighted by molar-refractivity contribution is -0.384. The molecule has 2 aromatic heterocycles. The molecule has 1 N–H and O–H groups in total. The van der Waals surface area contributed by atoms with E-state index in [4.69, 9.17) is 11.6 Å². The molecular formula is C11H10ClN5O3. The van der Waals surface area contributed by atoms with Crippen LogP contribution in [0, 0.1) is 10.1 Å². The molecule has 0 aliphatic carbocycles. The van der Waals surface area contributed by atoms with E-state index < -0.39 is 10.8 Å². The summed E-state index contributed by atoms with van der Waals surface area (Å²) in [6.07, 6.45) is 4.06. The van der Waals surface area contributed by atoms with Gasteiger partial charge >= 0.3 is 0 Å². The summed E-state index contributed by atoms with van der Waals surface area (Å²) in [6.45, 7) is 2.20. The van der Waals surface area contributed by atoms with Gasteiger partial charge in [0.05, 0.1) is 11.1 Å². The molecule has 0 aromatic carbocycles. The summed E-state index contributed by atoms with van der Waals surface area (Å²) >= 11 is 5.78. The summed E-state index contributed by atoms with van der Waals surface area (Å²) in [4.78, 5) is 29.9. The van der Waals surface area contributed by atoms with Gasteiger partial charge in [0, 0.05) is 25.0 Å². The first-order valence-corrected chi connectivity index (χ1v) is 6.03. The number of nitro groups is 1. The Morgan fingerprint density at radius 3 is 2.80 bits per heavy atom. The van der Waals surface area contributed by atoms with Crippen molar-refractivity contribution in [2.45, 2.75) is 13.5 Å². The number of aryl methyl sites for hydroxylation is 1. The molecule has 20 heavy (non-hydrogen) atoms. The van der Waals surface area contributed by atoms with Crippen LogP contribution in [0.1, 0.15) is 17.4 Å². The van der Waals surface area contributed by atoms with Crippen molar-refractivity contribution >= 4 is 29.0 Å². The van der Waals surface area contributed by atoms with Crippen molar-refractivity contribution in [1.29, 1.82) is 0 Å². The third kappa shape index (κ3) is 2.75. The van der Waals surface area contributed by atoms with Gasteiger partial charge in [0.25, 0.3) is 11.6 Å². The second kappa shape index (κ2) is 5.66. The zero-order chi connectivity index (χ0) is 14.7. The van der Waals surface area contributed by atoms with E-state index in [2.05, 4.69) is 15.3 Å². The molecule has 104 valence electrons. The Labute approximate surface area is 118 Å². The number of carbonyl (C=O) groups excluding carboxylic acids is 1. The highest BCUT2D eigenvalue weighted by Gasteiger charge is 2.19. The maximum absolute atomic E-state index is 12.1. The quantitative estimate of drug-likeness (QED) is 0.687. The molecule has 2 rings (SSSR count). The van der Waals surface area contributed by atoms with Gasteiger partial charge in [0.2, 0.25) is 0 Å². The number of anilines is 1. The van der Waals surface area contributed by atoms with Gasteiger partial charge in [-0.05, 0) is 6.92 Å². The molecular weight excluding hydrogens is 286 g/mol. The normalized spacial score (nSPS) is 10.3. The number of hydrogen-bond donors (Lipinski definition) is 1. The number of halogens is 1. The Hall–Kier alpha value is -2.48. The minimum absolute atomic E-state index is 0.0463. The Balaban J connectivity index is 2.29. The van der Waals surface area contributed by atoms with Crippen LogP contribution in [0.15, 0.2) is 24.7 Å². The molecule has 1 amide bonds. The van der Waals surface area contributed by atoms with Crippen LogP contribution in [0.4, 0.5) is 11.5 Å². The highest BCUT2D eigenvalue weighted by Crippen LogP contribution is 2.19. The van der Waals surface area contributed by atoms with Crippen molar-refractivity contribution in [1.82, 2.24) is 14.5 Å². The monoisotopic (exact) mass is 295 g/mol. The lowest BCUT2D eigenvalue weighted by atomic mass is 10.3. The number of nitrogens with zero attached hydrogens (tertiary/aromatic N) is 4. The first-order valence-electron chi connectivity index (χ1n) is 5.65. The van der Waals surface area contributed by atoms with E-state index in [1.165, 1.54) is 29.2 Å². The number of nitrogens with one attached hydrogen (secondary N) is 1. The van der Waals surface area contributed by atoms with Crippen LogP contribution in [0.2, 0.25) is 5.15 Å². The molecule has 9 heteroatoms. The van der Waals surface area contributed by atoms with Crippen molar-refractivity contribution < 1.29 is 9.72 Å². The minimum Gasteiger partial charge on any atom is -0.337 e. The predicted octanol–water partition coefficient (Wildman–Crippen LogP) is 2.11. The van der Waals surface area contributed by atoms with Crippen LogP contribution < -0.4 is 5.32 Å². The van der Waals surface area contributed by atoms with E-state index in [9.17, 15) is 14.9 Å². The lowest BCUT2D eigenvalue weighted by Crippen LogP contribution is -2.17. The minimum atomic E-state index is -0.557. The van der Waals surface area contributed by atoms with Gasteiger partial charge in [-0.3, -0.25) is 14.9 Å². The van der Waals surface area contributed by atoms with Crippen LogP contribution in [0.25, 0.3) is 0 Å². The maximum Gasteiger partial charge on any atom is 0.287 e. The SMILES string of the molecule is CCn1cc([N+](=O)[O-])cc1C(=O)Nc1nccnc1Cl. The summed E-state index contributed by atoms with van der Waals surface area (Å²) in [5.41, 5.74) is 0.00293. The third-order valence-corrected chi connectivity index (χ3v) is 2.83. The van der Waals surface area contributed by atoms with Crippen molar-refractivity contribution in [3.63, 3.8) is 0 Å². The van der Waals surface area contributed by atoms with Crippen LogP contribution in [0.3, 0.4) is 0 Å². The van der Waals surface area contributed by atoms with Gasteiger partial charge in [-0.1, -0.05) is 11.6 Å². The summed E-state index contributed by atoms with van der Waals surface area (Å²) in [7, 11) is 0. The molecule has 0 fully saturated rings. The van der Waals surface area contributed by atoms with E-state index in [-0.39, 0.29) is 22.4 Å². The fraction of sp³-hybridized carbons (Fsp3) is 0.182. The third-order valence-electron chi connectivity index (χ3n) is 2.55. The van der Waals surface area contributed by atoms with Crippen molar-refractivity contribution in [3.8, 4) is 0 Å². The second-order valence-corrected chi connectivity index (χ2v) is 4.13. The van der Waals surface area contributed by atoms with Crippen LogP contribution >= 0.6 is 11.6 Å². The number of carbonyl (C=O) groups is 1. The van der Waals surface area contributed by atoms with Crippen LogP contribution in [0.5, 0.6) is 0 Å². The Bertz CT molecular complexity index is 670. The van der Waals surface area contributed by atoms with E-state index in [1.54, 1.807) is 6.92 Å². The van der Waals surface area contributed by atoms with E-state index in [0.29, 0.717) is 6.54 Å². The second-order valence-electron chi connectivity index (χ2n) is 3.78. The van der Waals surface area contributed by atoms with Crippen molar-refractivity contribution in [2.75, 3.05) is 5.32 Å². The summed E-state index contributed by atoms with van der Waals surface area (Å²) in [6, 6.07) is 1.20. The molecule has 0 aliphatic heterocycles. The molecule has 2 heterocycles. The van der Waals surface area contributed by atoms with Crippen LogP contribution in [-0.4, -0.2) is 25.4 Å². The van der Waals surface area contributed by atoms with Gasteiger partial charge in [-0.15, -0.1) is 0 Å². The molecule has 0 aliphatic rings. The highest BCUT2D eigenvalue weighted by molar-refractivity contribution is 6.32. The van der Waals surface area contributed by atoms with Crippen LogP contribution in [-0.2, 0) is 6.54 Å². The van der Waals surface area contributed by atoms with Gasteiger partial charge in [-0.2, -0.15) is 0 Å². The van der Waals surface area contributed by atoms with Crippen molar-refractivity contribution in [2.24, 2.45) is 0 Å². The van der Waals surface area contributed by atoms with Crippen molar-refractivity contribution in [3.05, 3.63) is 45.6 Å². The number of aromatic nitrogens is 3. The van der Waals surface area contributed by atoms with E-state index >= 15 is 0 Å². The first kappa shape index (κ1) is 13.9. The summed E-state index contributed by atoms with van der Waals surface area (Å²) < 4.78 is 1.47. The molecule has 0 bridgehead atoms. The fourth-order valence-corrected chi connectivity index (χ4v) is 1.78. The number of hydrogen-bond acceptors (Lipinski definition) is 5. The maximum atomic E-state index is 12.1. The van der Waals surface area contributed by atoms with Gasteiger partial charge < -0.3 is 9.88 Å². The Morgan fingerprint density at radius 1 is 1.50 bits per heavy atom. The van der Waals surface area contributed by atoms with Gasteiger partial charge in [-0.25, -0.2) is 9.97 Å². The fourth-order valence-electron chi connectivity index (χ4n) is 1.62. The first-order chi connectivity index (χ1) is 9.52. The smallest absolute Gasteiger partial charge is 0.287 e. The topological polar surface area (TPSA) is 103 Å². The molecule has 0 radical (unpaired) electrons. The Kier molecular flexibility index (Phi) is 3.94. The van der Waals surface area contributed by atoms with Gasteiger partial charge in [0.15, 0.2) is 11.0 Å². The summed E-state index contributed by atoms with van der Waals surface area (Å²) in [5, 5.41) is 13.2. The zero-order valence-electron chi connectivity index (χ0n) is 10.4. The average molecular weight is 296 g/mol. The molecule has 0 saturated heterocycles. The van der Waals surface area contributed by atoms with E-state index in [0.717, 1.165) is 0 Å².